The van der Waals surface area contributed by atoms with Crippen LogP contribution in [0.2, 0.25) is 0 Å². The SMILES string of the molecule is O=C(CC1(O)CCCC1)NCc1ccc(OC2CCCC2)nc1. The third-order valence-electron chi connectivity index (χ3n) is 4.90. The van der Waals surface area contributed by atoms with E-state index < -0.39 is 5.60 Å². The van der Waals surface area contributed by atoms with E-state index in [0.717, 1.165) is 44.1 Å². The van der Waals surface area contributed by atoms with Gasteiger partial charge in [0.25, 0.3) is 0 Å². The third kappa shape index (κ3) is 4.67. The lowest BCUT2D eigenvalue weighted by atomic mass is 9.98. The Labute approximate surface area is 137 Å². The van der Waals surface area contributed by atoms with Gasteiger partial charge in [-0.25, -0.2) is 4.98 Å². The summed E-state index contributed by atoms with van der Waals surface area (Å²) < 4.78 is 5.83. The molecule has 2 fully saturated rings. The lowest BCUT2D eigenvalue weighted by Crippen LogP contribution is -2.34. The zero-order valence-corrected chi connectivity index (χ0v) is 13.6. The molecule has 1 heterocycles. The van der Waals surface area contributed by atoms with E-state index >= 15 is 0 Å². The van der Waals surface area contributed by atoms with E-state index in [1.165, 1.54) is 12.8 Å². The molecule has 0 aliphatic heterocycles. The molecule has 0 bridgehead atoms. The summed E-state index contributed by atoms with van der Waals surface area (Å²) in [5.41, 5.74) is 0.150. The summed E-state index contributed by atoms with van der Waals surface area (Å²) >= 11 is 0. The van der Waals surface area contributed by atoms with Gasteiger partial charge < -0.3 is 15.2 Å². The van der Waals surface area contributed by atoms with Crippen molar-refractivity contribution >= 4 is 5.91 Å². The van der Waals surface area contributed by atoms with Crippen LogP contribution in [0.15, 0.2) is 18.3 Å². The van der Waals surface area contributed by atoms with Gasteiger partial charge in [0.1, 0.15) is 6.10 Å². The van der Waals surface area contributed by atoms with Crippen LogP contribution in [0.4, 0.5) is 0 Å². The normalized spacial score (nSPS) is 20.6. The Kier molecular flexibility index (Phi) is 5.16. The molecular formula is C18H26N2O3. The number of ether oxygens (including phenoxy) is 1. The average Bonchev–Trinajstić information content (AvgIpc) is 3.18. The molecule has 0 atom stereocenters. The van der Waals surface area contributed by atoms with Crippen LogP contribution in [0.5, 0.6) is 5.88 Å². The molecule has 1 aromatic heterocycles. The summed E-state index contributed by atoms with van der Waals surface area (Å²) in [5, 5.41) is 13.1. The summed E-state index contributed by atoms with van der Waals surface area (Å²) in [6.45, 7) is 0.436. The van der Waals surface area contributed by atoms with Crippen molar-refractivity contribution in [3.8, 4) is 5.88 Å². The number of aliphatic hydroxyl groups is 1. The number of pyridine rings is 1. The van der Waals surface area contributed by atoms with Gasteiger partial charge in [-0.2, -0.15) is 0 Å². The minimum Gasteiger partial charge on any atom is -0.474 e. The highest BCUT2D eigenvalue weighted by Gasteiger charge is 2.33. The second-order valence-corrected chi connectivity index (χ2v) is 6.91. The monoisotopic (exact) mass is 318 g/mol. The molecule has 2 N–H and O–H groups in total. The minimum absolute atomic E-state index is 0.0966. The second kappa shape index (κ2) is 7.30. The lowest BCUT2D eigenvalue weighted by molar-refractivity contribution is -0.126. The van der Waals surface area contributed by atoms with Gasteiger partial charge in [0.15, 0.2) is 0 Å². The van der Waals surface area contributed by atoms with Gasteiger partial charge >= 0.3 is 0 Å². The van der Waals surface area contributed by atoms with E-state index in [2.05, 4.69) is 10.3 Å². The predicted molar refractivity (Wildman–Crippen MR) is 87.0 cm³/mol. The van der Waals surface area contributed by atoms with Crippen molar-refractivity contribution in [1.29, 1.82) is 0 Å². The Balaban J connectivity index is 1.43. The van der Waals surface area contributed by atoms with Crippen LogP contribution < -0.4 is 10.1 Å². The molecule has 23 heavy (non-hydrogen) atoms. The Morgan fingerprint density at radius 1 is 1.26 bits per heavy atom. The largest absolute Gasteiger partial charge is 0.474 e. The fraction of sp³-hybridized carbons (Fsp3) is 0.667. The summed E-state index contributed by atoms with van der Waals surface area (Å²) in [5.74, 6) is 0.563. The summed E-state index contributed by atoms with van der Waals surface area (Å²) in [6.07, 6.45) is 10.4. The first-order valence-electron chi connectivity index (χ1n) is 8.74. The molecule has 1 amide bonds. The highest BCUT2D eigenvalue weighted by atomic mass is 16.5. The van der Waals surface area contributed by atoms with Gasteiger partial charge in [-0.15, -0.1) is 0 Å². The van der Waals surface area contributed by atoms with Crippen molar-refractivity contribution in [2.45, 2.75) is 76.0 Å². The maximum atomic E-state index is 12.0. The molecule has 0 radical (unpaired) electrons. The first-order valence-corrected chi connectivity index (χ1v) is 8.74. The van der Waals surface area contributed by atoms with E-state index in [1.807, 2.05) is 12.1 Å². The molecule has 2 saturated carbocycles. The fourth-order valence-electron chi connectivity index (χ4n) is 3.53. The molecule has 0 aromatic carbocycles. The molecule has 3 rings (SSSR count). The van der Waals surface area contributed by atoms with Gasteiger partial charge in [-0.05, 0) is 44.1 Å². The number of carbonyl (C=O) groups excluding carboxylic acids is 1. The number of hydrogen-bond donors (Lipinski definition) is 2. The second-order valence-electron chi connectivity index (χ2n) is 6.91. The Bertz CT molecular complexity index is 518. The molecule has 0 saturated heterocycles. The van der Waals surface area contributed by atoms with Crippen molar-refractivity contribution in [2.75, 3.05) is 0 Å². The molecule has 126 valence electrons. The topological polar surface area (TPSA) is 71.5 Å². The molecule has 1 aromatic rings. The van der Waals surface area contributed by atoms with Crippen molar-refractivity contribution in [3.63, 3.8) is 0 Å². The number of hydrogen-bond acceptors (Lipinski definition) is 4. The molecule has 5 heteroatoms. The first kappa shape index (κ1) is 16.2. The number of rotatable bonds is 6. The molecule has 0 spiro atoms. The van der Waals surface area contributed by atoms with Gasteiger partial charge in [-0.3, -0.25) is 4.79 Å². The van der Waals surface area contributed by atoms with Gasteiger partial charge in [0, 0.05) is 18.8 Å². The smallest absolute Gasteiger partial charge is 0.223 e. The van der Waals surface area contributed by atoms with Crippen LogP contribution in [0, 0.1) is 0 Å². The maximum absolute atomic E-state index is 12.0. The van der Waals surface area contributed by atoms with Crippen molar-refractivity contribution in [1.82, 2.24) is 10.3 Å². The van der Waals surface area contributed by atoms with Crippen LogP contribution in [0.3, 0.4) is 0 Å². The maximum Gasteiger partial charge on any atom is 0.223 e. The number of nitrogens with one attached hydrogen (secondary N) is 1. The molecule has 2 aliphatic rings. The zero-order valence-electron chi connectivity index (χ0n) is 13.6. The van der Waals surface area contributed by atoms with E-state index in [-0.39, 0.29) is 12.3 Å². The predicted octanol–water partition coefficient (Wildman–Crippen LogP) is 2.71. The molecular weight excluding hydrogens is 292 g/mol. The minimum atomic E-state index is -0.790. The number of aromatic nitrogens is 1. The summed E-state index contributed by atoms with van der Waals surface area (Å²) in [4.78, 5) is 16.3. The zero-order chi connectivity index (χ0) is 16.1. The van der Waals surface area contributed by atoms with Gasteiger partial charge in [0.2, 0.25) is 11.8 Å². The molecule has 5 nitrogen and oxygen atoms in total. The van der Waals surface area contributed by atoms with Crippen molar-refractivity contribution < 1.29 is 14.6 Å². The van der Waals surface area contributed by atoms with E-state index in [4.69, 9.17) is 4.74 Å². The van der Waals surface area contributed by atoms with Crippen molar-refractivity contribution in [2.24, 2.45) is 0 Å². The summed E-state index contributed by atoms with van der Waals surface area (Å²) in [7, 11) is 0. The van der Waals surface area contributed by atoms with E-state index in [0.29, 0.717) is 18.5 Å². The van der Waals surface area contributed by atoms with Gasteiger partial charge in [-0.1, -0.05) is 18.9 Å². The van der Waals surface area contributed by atoms with Crippen LogP contribution in [0.1, 0.15) is 63.4 Å². The van der Waals surface area contributed by atoms with Crippen LogP contribution >= 0.6 is 0 Å². The van der Waals surface area contributed by atoms with E-state index in [1.54, 1.807) is 6.20 Å². The van der Waals surface area contributed by atoms with Crippen LogP contribution in [-0.2, 0) is 11.3 Å². The fourth-order valence-corrected chi connectivity index (χ4v) is 3.53. The third-order valence-corrected chi connectivity index (χ3v) is 4.90. The lowest BCUT2D eigenvalue weighted by Gasteiger charge is -2.21. The number of nitrogens with zero attached hydrogens (tertiary/aromatic N) is 1. The number of carbonyl (C=O) groups is 1. The molecule has 2 aliphatic carbocycles. The van der Waals surface area contributed by atoms with Crippen molar-refractivity contribution in [3.05, 3.63) is 23.9 Å². The molecule has 0 unspecified atom stereocenters. The Hall–Kier alpha value is -1.62. The quantitative estimate of drug-likeness (QED) is 0.846. The first-order chi connectivity index (χ1) is 11.1. The van der Waals surface area contributed by atoms with E-state index in [9.17, 15) is 9.90 Å². The van der Waals surface area contributed by atoms with Crippen LogP contribution in [-0.4, -0.2) is 27.7 Å². The summed E-state index contributed by atoms with van der Waals surface area (Å²) in [6, 6.07) is 3.80. The Morgan fingerprint density at radius 2 is 2.00 bits per heavy atom. The van der Waals surface area contributed by atoms with Gasteiger partial charge in [0.05, 0.1) is 12.0 Å². The van der Waals surface area contributed by atoms with Crippen LogP contribution in [0.25, 0.3) is 0 Å². The highest BCUT2D eigenvalue weighted by Crippen LogP contribution is 2.32. The standard InChI is InChI=1S/C18H26N2O3/c21-16(11-18(22)9-3-4-10-18)19-12-14-7-8-17(20-13-14)23-15-5-1-2-6-15/h7-8,13,15,22H,1-6,9-12H2,(H,19,21). The highest BCUT2D eigenvalue weighted by molar-refractivity contribution is 5.77. The number of amides is 1. The Morgan fingerprint density at radius 3 is 2.65 bits per heavy atom. The average molecular weight is 318 g/mol.